The molecule has 108 valence electrons. The van der Waals surface area contributed by atoms with E-state index < -0.39 is 0 Å². The van der Waals surface area contributed by atoms with Gasteiger partial charge in [0.05, 0.1) is 10.5 Å². The maximum atomic E-state index is 13.6. The van der Waals surface area contributed by atoms with Gasteiger partial charge in [-0.25, -0.2) is 4.39 Å². The Hall–Kier alpha value is -0.850. The van der Waals surface area contributed by atoms with Crippen LogP contribution in [-0.4, -0.2) is 16.7 Å². The van der Waals surface area contributed by atoms with E-state index in [9.17, 15) is 4.39 Å². The average molecular weight is 358 g/mol. The van der Waals surface area contributed by atoms with Gasteiger partial charge < -0.3 is 5.32 Å². The first-order chi connectivity index (χ1) is 9.65. The summed E-state index contributed by atoms with van der Waals surface area (Å²) in [5.74, 6) is -0.282. The minimum absolute atomic E-state index is 0.224. The van der Waals surface area contributed by atoms with Crippen LogP contribution in [0.4, 0.5) is 4.39 Å². The van der Waals surface area contributed by atoms with Gasteiger partial charge in [-0.2, -0.15) is 0 Å². The third kappa shape index (κ3) is 3.62. The molecule has 1 aromatic carbocycles. The molecular formula is C14H17BrFN3S. The summed E-state index contributed by atoms with van der Waals surface area (Å²) < 4.78 is 14.0. The molecule has 1 N–H and O–H groups in total. The molecule has 0 spiro atoms. The molecule has 0 radical (unpaired) electrons. The van der Waals surface area contributed by atoms with Gasteiger partial charge >= 0.3 is 0 Å². The first-order valence-electron chi connectivity index (χ1n) is 6.67. The molecule has 0 bridgehead atoms. The van der Waals surface area contributed by atoms with Crippen LogP contribution in [0, 0.1) is 5.82 Å². The van der Waals surface area contributed by atoms with Crippen molar-refractivity contribution in [3.63, 3.8) is 0 Å². The van der Waals surface area contributed by atoms with Crippen LogP contribution >= 0.6 is 27.3 Å². The third-order valence-corrected chi connectivity index (χ3v) is 4.68. The van der Waals surface area contributed by atoms with Crippen LogP contribution < -0.4 is 5.32 Å². The smallest absolute Gasteiger partial charge is 0.147 e. The van der Waals surface area contributed by atoms with Gasteiger partial charge in [-0.3, -0.25) is 0 Å². The van der Waals surface area contributed by atoms with E-state index in [-0.39, 0.29) is 11.9 Å². The molecule has 1 aromatic heterocycles. The van der Waals surface area contributed by atoms with Crippen LogP contribution in [0.5, 0.6) is 0 Å². The SMILES string of the molecule is CCCNC(CC)c1nnc(-c2ccc(Br)c(F)c2)s1. The first kappa shape index (κ1) is 15.5. The zero-order chi connectivity index (χ0) is 14.5. The predicted molar refractivity (Wildman–Crippen MR) is 84.3 cm³/mol. The highest BCUT2D eigenvalue weighted by Gasteiger charge is 2.15. The van der Waals surface area contributed by atoms with E-state index in [0.29, 0.717) is 4.47 Å². The van der Waals surface area contributed by atoms with Crippen LogP contribution in [0.2, 0.25) is 0 Å². The van der Waals surface area contributed by atoms with E-state index in [2.05, 4.69) is 45.3 Å². The van der Waals surface area contributed by atoms with Crippen molar-refractivity contribution in [2.45, 2.75) is 32.7 Å². The minimum atomic E-state index is -0.282. The Morgan fingerprint density at radius 1 is 1.35 bits per heavy atom. The number of nitrogens with zero attached hydrogens (tertiary/aromatic N) is 2. The van der Waals surface area contributed by atoms with Gasteiger partial charge in [-0.1, -0.05) is 31.3 Å². The van der Waals surface area contributed by atoms with Crippen molar-refractivity contribution in [3.05, 3.63) is 33.5 Å². The Balaban J connectivity index is 2.20. The van der Waals surface area contributed by atoms with E-state index in [1.54, 1.807) is 6.07 Å². The third-order valence-electron chi connectivity index (χ3n) is 2.95. The number of hydrogen-bond donors (Lipinski definition) is 1. The molecule has 2 rings (SSSR count). The Morgan fingerprint density at radius 2 is 2.15 bits per heavy atom. The second-order valence-corrected chi connectivity index (χ2v) is 6.35. The van der Waals surface area contributed by atoms with Crippen molar-refractivity contribution in [2.24, 2.45) is 0 Å². The van der Waals surface area contributed by atoms with Crippen LogP contribution in [-0.2, 0) is 0 Å². The Morgan fingerprint density at radius 3 is 2.80 bits per heavy atom. The van der Waals surface area contributed by atoms with Crippen LogP contribution in [0.1, 0.15) is 37.7 Å². The minimum Gasteiger partial charge on any atom is -0.308 e. The molecule has 1 atom stereocenters. The number of rotatable bonds is 6. The normalized spacial score (nSPS) is 12.6. The maximum absolute atomic E-state index is 13.6. The average Bonchev–Trinajstić information content (AvgIpc) is 2.92. The molecule has 6 heteroatoms. The number of benzene rings is 1. The summed E-state index contributed by atoms with van der Waals surface area (Å²) >= 11 is 4.67. The Kier molecular flexibility index (Phi) is 5.63. The number of halogens is 2. The predicted octanol–water partition coefficient (Wildman–Crippen LogP) is 4.56. The highest BCUT2D eigenvalue weighted by Crippen LogP contribution is 2.30. The lowest BCUT2D eigenvalue weighted by atomic mass is 10.2. The zero-order valence-corrected chi connectivity index (χ0v) is 13.9. The fourth-order valence-corrected chi connectivity index (χ4v) is 3.09. The van der Waals surface area contributed by atoms with Crippen LogP contribution in [0.15, 0.2) is 22.7 Å². The molecule has 0 saturated heterocycles. The summed E-state index contributed by atoms with van der Waals surface area (Å²) in [6.45, 7) is 5.21. The summed E-state index contributed by atoms with van der Waals surface area (Å²) in [6, 6.07) is 5.24. The van der Waals surface area contributed by atoms with Crippen LogP contribution in [0.3, 0.4) is 0 Å². The van der Waals surface area contributed by atoms with E-state index in [1.807, 2.05) is 6.07 Å². The summed E-state index contributed by atoms with van der Waals surface area (Å²) in [5.41, 5.74) is 0.764. The summed E-state index contributed by atoms with van der Waals surface area (Å²) in [4.78, 5) is 0. The molecule has 0 amide bonds. The van der Waals surface area contributed by atoms with Crippen LogP contribution in [0.25, 0.3) is 10.6 Å². The lowest BCUT2D eigenvalue weighted by molar-refractivity contribution is 0.513. The van der Waals surface area contributed by atoms with Gasteiger partial charge in [-0.15, -0.1) is 10.2 Å². The fourth-order valence-electron chi connectivity index (χ4n) is 1.85. The van der Waals surface area contributed by atoms with Crippen molar-refractivity contribution in [3.8, 4) is 10.6 Å². The van der Waals surface area contributed by atoms with Crippen molar-refractivity contribution in [1.82, 2.24) is 15.5 Å². The molecule has 2 aromatic rings. The van der Waals surface area contributed by atoms with Crippen molar-refractivity contribution >= 4 is 27.3 Å². The van der Waals surface area contributed by atoms with Gasteiger partial charge in [0.15, 0.2) is 0 Å². The molecule has 3 nitrogen and oxygen atoms in total. The number of nitrogens with one attached hydrogen (secondary N) is 1. The van der Waals surface area contributed by atoms with Gasteiger partial charge in [0.25, 0.3) is 0 Å². The molecule has 0 aliphatic carbocycles. The number of hydrogen-bond acceptors (Lipinski definition) is 4. The largest absolute Gasteiger partial charge is 0.308 e. The Bertz CT molecular complexity index is 573. The van der Waals surface area contributed by atoms with E-state index >= 15 is 0 Å². The summed E-state index contributed by atoms with van der Waals surface area (Å²) in [7, 11) is 0. The van der Waals surface area contributed by atoms with Gasteiger partial charge in [0, 0.05) is 5.56 Å². The molecule has 0 aliphatic heterocycles. The Labute approximate surface area is 130 Å². The first-order valence-corrected chi connectivity index (χ1v) is 8.28. The van der Waals surface area contributed by atoms with Crippen molar-refractivity contribution in [2.75, 3.05) is 6.54 Å². The molecular weight excluding hydrogens is 341 g/mol. The maximum Gasteiger partial charge on any atom is 0.147 e. The summed E-state index contributed by atoms with van der Waals surface area (Å²) in [5, 5.41) is 13.6. The quantitative estimate of drug-likeness (QED) is 0.823. The molecule has 0 saturated carbocycles. The summed E-state index contributed by atoms with van der Waals surface area (Å²) in [6.07, 6.45) is 2.05. The fraction of sp³-hybridized carbons (Fsp3) is 0.429. The van der Waals surface area contributed by atoms with Crippen molar-refractivity contribution in [1.29, 1.82) is 0 Å². The molecule has 1 unspecified atom stereocenters. The van der Waals surface area contributed by atoms with E-state index in [4.69, 9.17) is 0 Å². The molecule has 20 heavy (non-hydrogen) atoms. The topological polar surface area (TPSA) is 37.8 Å². The van der Waals surface area contributed by atoms with E-state index in [0.717, 1.165) is 35.0 Å². The van der Waals surface area contributed by atoms with Crippen molar-refractivity contribution < 1.29 is 4.39 Å². The standard InChI is InChI=1S/C14H17BrFN3S/c1-3-7-17-12(4-2)14-19-18-13(20-14)9-5-6-10(15)11(16)8-9/h5-6,8,12,17H,3-4,7H2,1-2H3. The van der Waals surface area contributed by atoms with Gasteiger partial charge in [-0.05, 0) is 47.4 Å². The van der Waals surface area contributed by atoms with Gasteiger partial charge in [0.2, 0.25) is 0 Å². The highest BCUT2D eigenvalue weighted by atomic mass is 79.9. The highest BCUT2D eigenvalue weighted by molar-refractivity contribution is 9.10. The second kappa shape index (κ2) is 7.24. The zero-order valence-electron chi connectivity index (χ0n) is 11.5. The van der Waals surface area contributed by atoms with E-state index in [1.165, 1.54) is 17.4 Å². The lowest BCUT2D eigenvalue weighted by Crippen LogP contribution is -2.21. The number of aromatic nitrogens is 2. The molecule has 0 fully saturated rings. The second-order valence-electron chi connectivity index (χ2n) is 4.49. The monoisotopic (exact) mass is 357 g/mol. The van der Waals surface area contributed by atoms with Gasteiger partial charge in [0.1, 0.15) is 15.8 Å². The lowest BCUT2D eigenvalue weighted by Gasteiger charge is -2.12. The molecule has 1 heterocycles. The molecule has 0 aliphatic rings.